The molecular weight excluding hydrogens is 337 g/mol. The summed E-state index contributed by atoms with van der Waals surface area (Å²) in [5.74, 6) is -3.46. The monoisotopic (exact) mass is 344 g/mol. The number of nitrogens with two attached hydrogens (primary N) is 1. The first-order valence-corrected chi connectivity index (χ1v) is 6.18. The molecule has 1 amide bonds. The summed E-state index contributed by atoms with van der Waals surface area (Å²) in [5, 5.41) is 2.17. The van der Waals surface area contributed by atoms with Crippen molar-refractivity contribution in [2.75, 3.05) is 11.1 Å². The molecule has 3 nitrogen and oxygen atoms in total. The number of nitrogens with one attached hydrogen (secondary N) is 1. The molecule has 104 valence electrons. The molecule has 0 heterocycles. The minimum absolute atomic E-state index is 0.00709. The fourth-order valence-electron chi connectivity index (χ4n) is 1.56. The van der Waals surface area contributed by atoms with E-state index in [0.29, 0.717) is 6.07 Å². The van der Waals surface area contributed by atoms with Crippen LogP contribution in [0.4, 0.5) is 24.5 Å². The van der Waals surface area contributed by atoms with E-state index in [4.69, 9.17) is 5.73 Å². The first kappa shape index (κ1) is 14.4. The molecule has 20 heavy (non-hydrogen) atoms. The highest BCUT2D eigenvalue weighted by molar-refractivity contribution is 9.10. The number of carbonyl (C=O) groups is 1. The molecule has 0 aromatic heterocycles. The van der Waals surface area contributed by atoms with Crippen LogP contribution in [0, 0.1) is 17.5 Å². The zero-order chi connectivity index (χ0) is 14.9. The van der Waals surface area contributed by atoms with Gasteiger partial charge in [-0.05, 0) is 40.2 Å². The predicted octanol–water partition coefficient (Wildman–Crippen LogP) is 3.70. The number of rotatable bonds is 2. The smallest absolute Gasteiger partial charge is 0.258 e. The molecule has 0 fully saturated rings. The summed E-state index contributed by atoms with van der Waals surface area (Å²) < 4.78 is 40.0. The van der Waals surface area contributed by atoms with Crippen molar-refractivity contribution in [3.05, 3.63) is 57.8 Å². The summed E-state index contributed by atoms with van der Waals surface area (Å²) in [7, 11) is 0. The minimum Gasteiger partial charge on any atom is -0.399 e. The summed E-state index contributed by atoms with van der Waals surface area (Å²) in [6.07, 6.45) is 0. The van der Waals surface area contributed by atoms with Gasteiger partial charge < -0.3 is 11.1 Å². The number of hydrogen-bond acceptors (Lipinski definition) is 2. The zero-order valence-corrected chi connectivity index (χ0v) is 11.5. The average Bonchev–Trinajstić information content (AvgIpc) is 2.36. The molecule has 0 aliphatic heterocycles. The van der Waals surface area contributed by atoms with Crippen LogP contribution in [-0.2, 0) is 0 Å². The Kier molecular flexibility index (Phi) is 3.99. The summed E-state index contributed by atoms with van der Waals surface area (Å²) >= 11 is 2.92. The highest BCUT2D eigenvalue weighted by Gasteiger charge is 2.17. The number of nitrogen functional groups attached to an aromatic ring is 1. The van der Waals surface area contributed by atoms with Gasteiger partial charge in [-0.25, -0.2) is 13.2 Å². The molecule has 0 aliphatic rings. The molecule has 3 N–H and O–H groups in total. The van der Waals surface area contributed by atoms with Crippen molar-refractivity contribution >= 4 is 33.2 Å². The van der Waals surface area contributed by atoms with Gasteiger partial charge >= 0.3 is 0 Å². The highest BCUT2D eigenvalue weighted by atomic mass is 79.9. The Labute approximate surface area is 120 Å². The lowest BCUT2D eigenvalue weighted by molar-refractivity contribution is 0.102. The number of carbonyl (C=O) groups excluding carboxylic acids is 1. The largest absolute Gasteiger partial charge is 0.399 e. The Hall–Kier alpha value is -2.02. The van der Waals surface area contributed by atoms with Crippen LogP contribution >= 0.6 is 15.9 Å². The molecule has 7 heteroatoms. The zero-order valence-electron chi connectivity index (χ0n) is 9.88. The minimum atomic E-state index is -0.977. The van der Waals surface area contributed by atoms with Crippen LogP contribution < -0.4 is 11.1 Å². The van der Waals surface area contributed by atoms with Gasteiger partial charge in [-0.3, -0.25) is 4.79 Å². The normalized spacial score (nSPS) is 10.4. The van der Waals surface area contributed by atoms with Crippen LogP contribution in [0.15, 0.2) is 34.8 Å². The highest BCUT2D eigenvalue weighted by Crippen LogP contribution is 2.27. The molecule has 0 atom stereocenters. The Morgan fingerprint density at radius 1 is 1.10 bits per heavy atom. The first-order valence-electron chi connectivity index (χ1n) is 5.39. The van der Waals surface area contributed by atoms with Crippen molar-refractivity contribution in [2.45, 2.75) is 0 Å². The molecule has 0 radical (unpaired) electrons. The third kappa shape index (κ3) is 2.93. The molecule has 2 aromatic rings. The third-order valence-electron chi connectivity index (χ3n) is 2.48. The topological polar surface area (TPSA) is 55.1 Å². The van der Waals surface area contributed by atoms with Crippen LogP contribution in [0.3, 0.4) is 0 Å². The maximum atomic E-state index is 13.6. The first-order chi connectivity index (χ1) is 9.38. The van der Waals surface area contributed by atoms with Gasteiger partial charge in [-0.15, -0.1) is 0 Å². The van der Waals surface area contributed by atoms with E-state index in [9.17, 15) is 18.0 Å². The standard InChI is InChI=1S/C13H8BrF3N2O/c14-9-3-6(15)4-11(17)12(9)19-13(20)8-5-7(18)1-2-10(8)16/h1-5H,18H2,(H,19,20). The molecule has 0 unspecified atom stereocenters. The summed E-state index contributed by atoms with van der Waals surface area (Å²) in [6, 6.07) is 5.03. The predicted molar refractivity (Wildman–Crippen MR) is 72.8 cm³/mol. The number of anilines is 2. The van der Waals surface area contributed by atoms with Crippen molar-refractivity contribution in [3.63, 3.8) is 0 Å². The molecule has 0 spiro atoms. The van der Waals surface area contributed by atoms with Gasteiger partial charge in [0.25, 0.3) is 5.91 Å². The molecule has 0 saturated carbocycles. The Morgan fingerprint density at radius 2 is 1.80 bits per heavy atom. The van der Waals surface area contributed by atoms with Gasteiger partial charge in [0.05, 0.1) is 11.3 Å². The Morgan fingerprint density at radius 3 is 2.45 bits per heavy atom. The lowest BCUT2D eigenvalue weighted by atomic mass is 10.1. The van der Waals surface area contributed by atoms with E-state index in [1.165, 1.54) is 6.07 Å². The molecular formula is C13H8BrF3N2O. The SMILES string of the molecule is Nc1ccc(F)c(C(=O)Nc2c(F)cc(F)cc2Br)c1. The van der Waals surface area contributed by atoms with E-state index in [-0.39, 0.29) is 21.4 Å². The number of benzene rings is 2. The number of halogens is 4. The van der Waals surface area contributed by atoms with Gasteiger partial charge in [-0.1, -0.05) is 0 Å². The maximum absolute atomic E-state index is 13.6. The third-order valence-corrected chi connectivity index (χ3v) is 3.11. The second-order valence-corrected chi connectivity index (χ2v) is 4.79. The fraction of sp³-hybridized carbons (Fsp3) is 0. The van der Waals surface area contributed by atoms with E-state index in [1.807, 2.05) is 0 Å². The van der Waals surface area contributed by atoms with Crippen molar-refractivity contribution in [3.8, 4) is 0 Å². The summed E-state index contributed by atoms with van der Waals surface area (Å²) in [5.41, 5.74) is 5.04. The molecule has 0 saturated heterocycles. The Balaban J connectivity index is 2.35. The van der Waals surface area contributed by atoms with Crippen LogP contribution in [0.5, 0.6) is 0 Å². The van der Waals surface area contributed by atoms with Gasteiger partial charge in [0.15, 0.2) is 5.82 Å². The van der Waals surface area contributed by atoms with Gasteiger partial charge in [0.2, 0.25) is 0 Å². The van der Waals surface area contributed by atoms with E-state index in [2.05, 4.69) is 21.2 Å². The fourth-order valence-corrected chi connectivity index (χ4v) is 2.07. The maximum Gasteiger partial charge on any atom is 0.258 e. The van der Waals surface area contributed by atoms with Gasteiger partial charge in [0.1, 0.15) is 11.6 Å². The van der Waals surface area contributed by atoms with Crippen LogP contribution in [0.1, 0.15) is 10.4 Å². The van der Waals surface area contributed by atoms with Gasteiger partial charge in [0, 0.05) is 16.2 Å². The average molecular weight is 345 g/mol. The van der Waals surface area contributed by atoms with E-state index >= 15 is 0 Å². The van der Waals surface area contributed by atoms with Crippen LogP contribution in [-0.4, -0.2) is 5.91 Å². The van der Waals surface area contributed by atoms with Crippen molar-refractivity contribution < 1.29 is 18.0 Å². The lowest BCUT2D eigenvalue weighted by Gasteiger charge is -2.10. The molecule has 0 aliphatic carbocycles. The molecule has 2 aromatic carbocycles. The van der Waals surface area contributed by atoms with Crippen LogP contribution in [0.25, 0.3) is 0 Å². The quantitative estimate of drug-likeness (QED) is 0.816. The number of amides is 1. The lowest BCUT2D eigenvalue weighted by Crippen LogP contribution is -2.15. The number of hydrogen-bond donors (Lipinski definition) is 2. The molecule has 2 rings (SSSR count). The second-order valence-electron chi connectivity index (χ2n) is 3.94. The van der Waals surface area contributed by atoms with Crippen LogP contribution in [0.2, 0.25) is 0 Å². The summed E-state index contributed by atoms with van der Waals surface area (Å²) in [4.78, 5) is 11.9. The Bertz CT molecular complexity index is 668. The van der Waals surface area contributed by atoms with E-state index in [0.717, 1.165) is 18.2 Å². The van der Waals surface area contributed by atoms with E-state index in [1.54, 1.807) is 0 Å². The van der Waals surface area contributed by atoms with Crippen molar-refractivity contribution in [1.82, 2.24) is 0 Å². The van der Waals surface area contributed by atoms with Gasteiger partial charge in [-0.2, -0.15) is 0 Å². The van der Waals surface area contributed by atoms with Crippen molar-refractivity contribution in [1.29, 1.82) is 0 Å². The second kappa shape index (κ2) is 5.54. The van der Waals surface area contributed by atoms with Crippen molar-refractivity contribution in [2.24, 2.45) is 0 Å². The summed E-state index contributed by atoms with van der Waals surface area (Å²) in [6.45, 7) is 0. The molecule has 0 bridgehead atoms. The van der Waals surface area contributed by atoms with E-state index < -0.39 is 23.4 Å².